The number of nitrogens with one attached hydrogen (secondary N) is 1. The van der Waals surface area contributed by atoms with Crippen molar-refractivity contribution in [3.63, 3.8) is 0 Å². The van der Waals surface area contributed by atoms with Crippen molar-refractivity contribution in [3.05, 3.63) is 71.1 Å². The fourth-order valence-electron chi connectivity index (χ4n) is 2.67. The van der Waals surface area contributed by atoms with E-state index in [1.54, 1.807) is 6.92 Å². The second kappa shape index (κ2) is 8.39. The number of amides is 1. The van der Waals surface area contributed by atoms with Gasteiger partial charge in [0, 0.05) is 11.3 Å². The lowest BCUT2D eigenvalue weighted by Crippen LogP contribution is -2.15. The van der Waals surface area contributed by atoms with E-state index in [4.69, 9.17) is 4.42 Å². The summed E-state index contributed by atoms with van der Waals surface area (Å²) in [5.74, 6) is -1.22. The molecule has 1 aromatic heterocycles. The number of ether oxygens (including phenoxy) is 2. The quantitative estimate of drug-likeness (QED) is 0.660. The summed E-state index contributed by atoms with van der Waals surface area (Å²) in [6.45, 7) is 1.62. The minimum absolute atomic E-state index is 0.0898. The maximum absolute atomic E-state index is 12.7. The van der Waals surface area contributed by atoms with Gasteiger partial charge < -0.3 is 19.2 Å². The van der Waals surface area contributed by atoms with E-state index in [0.29, 0.717) is 11.7 Å². The molecule has 1 amide bonds. The van der Waals surface area contributed by atoms with Crippen LogP contribution in [0.2, 0.25) is 0 Å². The molecule has 0 aliphatic carbocycles. The molecule has 0 unspecified atom stereocenters. The Morgan fingerprint density at radius 1 is 0.931 bits per heavy atom. The van der Waals surface area contributed by atoms with Gasteiger partial charge in [0.1, 0.15) is 5.76 Å². The van der Waals surface area contributed by atoms with Gasteiger partial charge in [-0.3, -0.25) is 4.79 Å². The van der Waals surface area contributed by atoms with E-state index >= 15 is 0 Å². The highest BCUT2D eigenvalue weighted by Gasteiger charge is 2.20. The summed E-state index contributed by atoms with van der Waals surface area (Å²) in [5, 5.41) is 2.63. The zero-order valence-corrected chi connectivity index (χ0v) is 16.0. The number of hydrogen-bond acceptors (Lipinski definition) is 7. The fourth-order valence-corrected chi connectivity index (χ4v) is 2.67. The second-order valence-electron chi connectivity index (χ2n) is 6.03. The van der Waals surface area contributed by atoms with Crippen molar-refractivity contribution in [1.29, 1.82) is 0 Å². The molecule has 1 heterocycles. The van der Waals surface area contributed by atoms with Crippen molar-refractivity contribution in [2.24, 2.45) is 0 Å². The number of anilines is 1. The summed E-state index contributed by atoms with van der Waals surface area (Å²) in [6, 6.07) is 13.3. The Hall–Kier alpha value is -3.94. The van der Waals surface area contributed by atoms with Crippen molar-refractivity contribution >= 4 is 23.5 Å². The first kappa shape index (κ1) is 19.8. The van der Waals surface area contributed by atoms with Gasteiger partial charge >= 0.3 is 11.9 Å². The Morgan fingerprint density at radius 3 is 2.07 bits per heavy atom. The molecule has 0 saturated carbocycles. The summed E-state index contributed by atoms with van der Waals surface area (Å²) in [6.07, 6.45) is 0. The van der Waals surface area contributed by atoms with Gasteiger partial charge in [0.2, 0.25) is 5.89 Å². The smallest absolute Gasteiger partial charge is 0.337 e. The van der Waals surface area contributed by atoms with Gasteiger partial charge in [-0.15, -0.1) is 0 Å². The average molecular weight is 394 g/mol. The summed E-state index contributed by atoms with van der Waals surface area (Å²) in [7, 11) is 2.44. The molecule has 0 radical (unpaired) electrons. The predicted octanol–water partition coefficient (Wildman–Crippen LogP) is 3.48. The van der Waals surface area contributed by atoms with Gasteiger partial charge in [-0.2, -0.15) is 0 Å². The molecule has 0 atom stereocenters. The molecule has 3 aromatic rings. The Morgan fingerprint density at radius 2 is 1.52 bits per heavy atom. The molecule has 3 rings (SSSR count). The molecule has 0 aliphatic rings. The van der Waals surface area contributed by atoms with E-state index in [1.807, 2.05) is 30.3 Å². The molecule has 0 fully saturated rings. The summed E-state index contributed by atoms with van der Waals surface area (Å²) >= 11 is 0. The molecule has 29 heavy (non-hydrogen) atoms. The van der Waals surface area contributed by atoms with Gasteiger partial charge in [0.05, 0.1) is 25.3 Å². The number of aryl methyl sites for hydroxylation is 1. The van der Waals surface area contributed by atoms with Gasteiger partial charge in [0.25, 0.3) is 5.91 Å². The number of hydrogen-bond donors (Lipinski definition) is 1. The normalized spacial score (nSPS) is 10.3. The summed E-state index contributed by atoms with van der Waals surface area (Å²) in [5.41, 5.74) is 1.21. The number of aromatic nitrogens is 1. The summed E-state index contributed by atoms with van der Waals surface area (Å²) in [4.78, 5) is 40.7. The minimum atomic E-state index is -0.657. The van der Waals surface area contributed by atoms with Crippen LogP contribution in [0.4, 0.5) is 5.69 Å². The van der Waals surface area contributed by atoms with Crippen molar-refractivity contribution in [2.45, 2.75) is 6.92 Å². The fraction of sp³-hybridized carbons (Fsp3) is 0.143. The van der Waals surface area contributed by atoms with Crippen LogP contribution in [0, 0.1) is 6.92 Å². The molecule has 0 aliphatic heterocycles. The monoisotopic (exact) mass is 394 g/mol. The van der Waals surface area contributed by atoms with Crippen LogP contribution in [0.5, 0.6) is 0 Å². The van der Waals surface area contributed by atoms with E-state index in [9.17, 15) is 14.4 Å². The van der Waals surface area contributed by atoms with Crippen LogP contribution in [0.1, 0.15) is 37.0 Å². The van der Waals surface area contributed by atoms with Crippen LogP contribution in [0.3, 0.4) is 0 Å². The lowest BCUT2D eigenvalue weighted by atomic mass is 10.1. The second-order valence-corrected chi connectivity index (χ2v) is 6.03. The first-order chi connectivity index (χ1) is 13.9. The maximum atomic E-state index is 12.7. The van der Waals surface area contributed by atoms with Gasteiger partial charge in [-0.25, -0.2) is 14.6 Å². The third kappa shape index (κ3) is 4.32. The van der Waals surface area contributed by atoms with Crippen LogP contribution < -0.4 is 5.32 Å². The molecule has 1 N–H and O–H groups in total. The topological polar surface area (TPSA) is 108 Å². The van der Waals surface area contributed by atoms with Crippen molar-refractivity contribution < 1.29 is 28.3 Å². The van der Waals surface area contributed by atoms with Crippen LogP contribution in [0.25, 0.3) is 11.5 Å². The molecular weight excluding hydrogens is 376 g/mol. The number of benzene rings is 2. The number of rotatable bonds is 5. The SMILES string of the molecule is COC(=O)c1cc(NC(=O)c2nc(-c3ccccc3)oc2C)cc(C(=O)OC)c1. The molecule has 8 nitrogen and oxygen atoms in total. The minimum Gasteiger partial charge on any atom is -0.465 e. The predicted molar refractivity (Wildman–Crippen MR) is 104 cm³/mol. The van der Waals surface area contributed by atoms with Crippen molar-refractivity contribution in [2.75, 3.05) is 19.5 Å². The van der Waals surface area contributed by atoms with Gasteiger partial charge in [0.15, 0.2) is 5.69 Å². The van der Waals surface area contributed by atoms with E-state index in [1.165, 1.54) is 32.4 Å². The summed E-state index contributed by atoms with van der Waals surface area (Å²) < 4.78 is 15.0. The average Bonchev–Trinajstić information content (AvgIpc) is 3.14. The van der Waals surface area contributed by atoms with Crippen molar-refractivity contribution in [1.82, 2.24) is 4.98 Å². The van der Waals surface area contributed by atoms with E-state index in [-0.39, 0.29) is 22.5 Å². The number of oxazole rings is 1. The first-order valence-corrected chi connectivity index (χ1v) is 8.59. The standard InChI is InChI=1S/C21H18N2O6/c1-12-17(23-19(29-12)13-7-5-4-6-8-13)18(24)22-16-10-14(20(25)27-2)9-15(11-16)21(26)28-3/h4-11H,1-3H3,(H,22,24). The molecule has 0 bridgehead atoms. The largest absolute Gasteiger partial charge is 0.465 e. The number of nitrogens with zero attached hydrogens (tertiary/aromatic N) is 1. The third-order valence-electron chi connectivity index (χ3n) is 4.07. The highest BCUT2D eigenvalue weighted by Crippen LogP contribution is 2.23. The zero-order valence-electron chi connectivity index (χ0n) is 16.0. The number of carbonyl (C=O) groups excluding carboxylic acids is 3. The Labute approximate surface area is 166 Å². The van der Waals surface area contributed by atoms with Gasteiger partial charge in [-0.05, 0) is 37.3 Å². The maximum Gasteiger partial charge on any atom is 0.337 e. The molecule has 0 saturated heterocycles. The Bertz CT molecular complexity index is 1040. The van der Waals surface area contributed by atoms with E-state index in [2.05, 4.69) is 19.8 Å². The lowest BCUT2D eigenvalue weighted by molar-refractivity contribution is 0.0599. The van der Waals surface area contributed by atoms with Crippen LogP contribution in [-0.2, 0) is 9.47 Å². The molecule has 2 aromatic carbocycles. The Kier molecular flexibility index (Phi) is 5.73. The van der Waals surface area contributed by atoms with Crippen molar-refractivity contribution in [3.8, 4) is 11.5 Å². The highest BCUT2D eigenvalue weighted by atomic mass is 16.5. The van der Waals surface area contributed by atoms with Crippen LogP contribution >= 0.6 is 0 Å². The van der Waals surface area contributed by atoms with Crippen LogP contribution in [-0.4, -0.2) is 37.0 Å². The molecule has 8 heteroatoms. The number of esters is 2. The zero-order chi connectivity index (χ0) is 21.0. The lowest BCUT2D eigenvalue weighted by Gasteiger charge is -2.09. The Balaban J connectivity index is 1.91. The van der Waals surface area contributed by atoms with E-state index < -0.39 is 17.8 Å². The first-order valence-electron chi connectivity index (χ1n) is 8.59. The number of carbonyl (C=O) groups is 3. The molecule has 0 spiro atoms. The van der Waals surface area contributed by atoms with Gasteiger partial charge in [-0.1, -0.05) is 18.2 Å². The van der Waals surface area contributed by atoms with Crippen LogP contribution in [0.15, 0.2) is 52.9 Å². The molecular formula is C21H18N2O6. The number of methoxy groups -OCH3 is 2. The highest BCUT2D eigenvalue weighted by molar-refractivity contribution is 6.05. The molecule has 148 valence electrons. The van der Waals surface area contributed by atoms with E-state index in [0.717, 1.165) is 5.56 Å². The third-order valence-corrected chi connectivity index (χ3v) is 4.07.